The van der Waals surface area contributed by atoms with Crippen LogP contribution in [0.25, 0.3) is 0 Å². The first-order valence-electron chi connectivity index (χ1n) is 6.21. The summed E-state index contributed by atoms with van der Waals surface area (Å²) < 4.78 is 0. The molecule has 80 valence electrons. The number of hydrogen-bond donors (Lipinski definition) is 1. The Morgan fingerprint density at radius 1 is 1.27 bits per heavy atom. The third-order valence-corrected chi connectivity index (χ3v) is 4.28. The van der Waals surface area contributed by atoms with E-state index in [4.69, 9.17) is 0 Å². The zero-order chi connectivity index (χ0) is 10.3. The molecule has 0 radical (unpaired) electrons. The largest absolute Gasteiger partial charge is 0.316 e. The molecule has 1 heterocycles. The van der Waals surface area contributed by atoms with Crippen LogP contribution < -0.4 is 5.32 Å². The molecule has 1 N–H and O–H groups in total. The molecule has 1 aromatic carbocycles. The molecule has 3 atom stereocenters. The Hall–Kier alpha value is -0.820. The fourth-order valence-corrected chi connectivity index (χ4v) is 3.63. The summed E-state index contributed by atoms with van der Waals surface area (Å²) in [6.07, 6.45) is 2.62. The van der Waals surface area contributed by atoms with Crippen molar-refractivity contribution >= 4 is 0 Å². The van der Waals surface area contributed by atoms with E-state index in [0.29, 0.717) is 0 Å². The SMILES string of the molecule is CCC1c2ccccc2C2CCNCC12. The van der Waals surface area contributed by atoms with Crippen molar-refractivity contribution in [3.05, 3.63) is 35.4 Å². The molecule has 1 saturated heterocycles. The maximum absolute atomic E-state index is 3.56. The molecule has 15 heavy (non-hydrogen) atoms. The molecule has 1 heteroatoms. The molecule has 3 rings (SSSR count). The van der Waals surface area contributed by atoms with Crippen molar-refractivity contribution in [2.75, 3.05) is 13.1 Å². The van der Waals surface area contributed by atoms with Crippen molar-refractivity contribution in [2.45, 2.75) is 31.6 Å². The van der Waals surface area contributed by atoms with Gasteiger partial charge in [-0.15, -0.1) is 0 Å². The number of hydrogen-bond acceptors (Lipinski definition) is 1. The molecule has 2 aliphatic rings. The molecular formula is C14H19N. The second-order valence-corrected chi connectivity index (χ2v) is 4.91. The summed E-state index contributed by atoms with van der Waals surface area (Å²) >= 11 is 0. The number of nitrogens with one attached hydrogen (secondary N) is 1. The summed E-state index contributed by atoms with van der Waals surface area (Å²) in [6.45, 7) is 4.75. The monoisotopic (exact) mass is 201 g/mol. The summed E-state index contributed by atoms with van der Waals surface area (Å²) in [7, 11) is 0. The molecule has 1 nitrogen and oxygen atoms in total. The van der Waals surface area contributed by atoms with Crippen LogP contribution in [-0.4, -0.2) is 13.1 Å². The predicted molar refractivity (Wildman–Crippen MR) is 63.2 cm³/mol. The van der Waals surface area contributed by atoms with Crippen LogP contribution in [0.1, 0.15) is 42.7 Å². The van der Waals surface area contributed by atoms with Crippen LogP contribution in [0.3, 0.4) is 0 Å². The van der Waals surface area contributed by atoms with E-state index in [0.717, 1.165) is 17.8 Å². The van der Waals surface area contributed by atoms with Gasteiger partial charge in [0.2, 0.25) is 0 Å². The lowest BCUT2D eigenvalue weighted by molar-refractivity contribution is 0.303. The van der Waals surface area contributed by atoms with Crippen molar-refractivity contribution in [1.82, 2.24) is 5.32 Å². The van der Waals surface area contributed by atoms with Crippen molar-refractivity contribution in [3.8, 4) is 0 Å². The maximum atomic E-state index is 3.56. The minimum atomic E-state index is 0.805. The Morgan fingerprint density at radius 3 is 2.87 bits per heavy atom. The molecule has 1 aromatic rings. The predicted octanol–water partition coefficient (Wildman–Crippen LogP) is 2.89. The van der Waals surface area contributed by atoms with Crippen LogP contribution in [-0.2, 0) is 0 Å². The molecule has 0 bridgehead atoms. The van der Waals surface area contributed by atoms with Gasteiger partial charge in [0.1, 0.15) is 0 Å². The van der Waals surface area contributed by atoms with E-state index in [2.05, 4.69) is 36.5 Å². The third-order valence-electron chi connectivity index (χ3n) is 4.28. The number of piperidine rings is 1. The molecule has 1 aliphatic carbocycles. The Balaban J connectivity index is 2.05. The van der Waals surface area contributed by atoms with E-state index in [1.807, 2.05) is 0 Å². The summed E-state index contributed by atoms with van der Waals surface area (Å²) in [5.41, 5.74) is 3.29. The zero-order valence-electron chi connectivity index (χ0n) is 9.37. The van der Waals surface area contributed by atoms with Gasteiger partial charge in [-0.1, -0.05) is 31.2 Å². The van der Waals surface area contributed by atoms with Crippen molar-refractivity contribution in [1.29, 1.82) is 0 Å². The molecule has 1 fully saturated rings. The first-order chi connectivity index (χ1) is 7.42. The quantitative estimate of drug-likeness (QED) is 0.736. The van der Waals surface area contributed by atoms with Gasteiger partial charge in [-0.05, 0) is 54.8 Å². The zero-order valence-corrected chi connectivity index (χ0v) is 9.37. The van der Waals surface area contributed by atoms with E-state index >= 15 is 0 Å². The summed E-state index contributed by atoms with van der Waals surface area (Å²) in [6, 6.07) is 9.11. The third kappa shape index (κ3) is 1.33. The normalized spacial score (nSPS) is 33.5. The first kappa shape index (κ1) is 9.41. The highest BCUT2D eigenvalue weighted by Gasteiger charge is 2.40. The average molecular weight is 201 g/mol. The van der Waals surface area contributed by atoms with E-state index < -0.39 is 0 Å². The highest BCUT2D eigenvalue weighted by Crippen LogP contribution is 2.50. The lowest BCUT2D eigenvalue weighted by Crippen LogP contribution is -2.34. The van der Waals surface area contributed by atoms with E-state index in [-0.39, 0.29) is 0 Å². The molecular weight excluding hydrogens is 182 g/mol. The van der Waals surface area contributed by atoms with Crippen molar-refractivity contribution in [3.63, 3.8) is 0 Å². The second-order valence-electron chi connectivity index (χ2n) is 4.91. The van der Waals surface area contributed by atoms with Crippen molar-refractivity contribution in [2.24, 2.45) is 5.92 Å². The highest BCUT2D eigenvalue weighted by atomic mass is 14.9. The van der Waals surface area contributed by atoms with Crippen molar-refractivity contribution < 1.29 is 0 Å². The van der Waals surface area contributed by atoms with Gasteiger partial charge in [0.25, 0.3) is 0 Å². The van der Waals surface area contributed by atoms with Crippen LogP contribution in [0.4, 0.5) is 0 Å². The maximum Gasteiger partial charge on any atom is -0.000879 e. The average Bonchev–Trinajstić information content (AvgIpc) is 2.63. The van der Waals surface area contributed by atoms with Gasteiger partial charge in [-0.2, -0.15) is 0 Å². The fraction of sp³-hybridized carbons (Fsp3) is 0.571. The molecule has 0 spiro atoms. The lowest BCUT2D eigenvalue weighted by atomic mass is 9.81. The van der Waals surface area contributed by atoms with Crippen LogP contribution in [0, 0.1) is 5.92 Å². The molecule has 0 amide bonds. The number of rotatable bonds is 1. The van der Waals surface area contributed by atoms with Crippen LogP contribution in [0.5, 0.6) is 0 Å². The summed E-state index contributed by atoms with van der Waals surface area (Å²) in [5, 5.41) is 3.56. The van der Waals surface area contributed by atoms with Crippen LogP contribution in [0.15, 0.2) is 24.3 Å². The number of benzene rings is 1. The Morgan fingerprint density at radius 2 is 2.07 bits per heavy atom. The minimum absolute atomic E-state index is 0.805. The van der Waals surface area contributed by atoms with E-state index in [9.17, 15) is 0 Å². The summed E-state index contributed by atoms with van der Waals surface area (Å²) in [4.78, 5) is 0. The van der Waals surface area contributed by atoms with E-state index in [1.165, 1.54) is 25.9 Å². The van der Waals surface area contributed by atoms with Gasteiger partial charge in [-0.25, -0.2) is 0 Å². The van der Waals surface area contributed by atoms with Gasteiger partial charge in [0, 0.05) is 0 Å². The van der Waals surface area contributed by atoms with Gasteiger partial charge in [-0.3, -0.25) is 0 Å². The van der Waals surface area contributed by atoms with Crippen LogP contribution in [0.2, 0.25) is 0 Å². The van der Waals surface area contributed by atoms with E-state index in [1.54, 1.807) is 11.1 Å². The lowest BCUT2D eigenvalue weighted by Gasteiger charge is -2.30. The molecule has 0 saturated carbocycles. The Bertz CT molecular complexity index is 333. The molecule has 0 aromatic heterocycles. The van der Waals surface area contributed by atoms with Gasteiger partial charge < -0.3 is 5.32 Å². The minimum Gasteiger partial charge on any atom is -0.316 e. The Labute approximate surface area is 91.9 Å². The second kappa shape index (κ2) is 3.64. The summed E-state index contributed by atoms with van der Waals surface area (Å²) in [5.74, 6) is 2.51. The van der Waals surface area contributed by atoms with Gasteiger partial charge >= 0.3 is 0 Å². The topological polar surface area (TPSA) is 12.0 Å². The van der Waals surface area contributed by atoms with Gasteiger partial charge in [0.05, 0.1) is 0 Å². The number of fused-ring (bicyclic) bond motifs is 3. The highest BCUT2D eigenvalue weighted by molar-refractivity contribution is 5.40. The standard InChI is InChI=1S/C14H19N/c1-2-10-11-5-3-4-6-12(11)13-7-8-15-9-14(10)13/h3-6,10,13-15H,2,7-9H2,1H3. The fourth-order valence-electron chi connectivity index (χ4n) is 3.63. The smallest absolute Gasteiger partial charge is 0.000879 e. The Kier molecular flexibility index (Phi) is 2.28. The molecule has 3 unspecified atom stereocenters. The first-order valence-corrected chi connectivity index (χ1v) is 6.21. The van der Waals surface area contributed by atoms with Gasteiger partial charge in [0.15, 0.2) is 0 Å². The molecule has 1 aliphatic heterocycles. The van der Waals surface area contributed by atoms with Crippen LogP contribution >= 0.6 is 0 Å².